The molecule has 0 aromatic heterocycles. The molecule has 3 rings (SSSR count). The molecular formula is C15H10F2N2O3. The second-order valence-corrected chi connectivity index (χ2v) is 4.87. The van der Waals surface area contributed by atoms with Crippen LogP contribution in [0.3, 0.4) is 0 Å². The number of non-ortho nitro benzene ring substituents is 1. The lowest BCUT2D eigenvalue weighted by Gasteiger charge is -2.18. The number of hydrogen-bond acceptors (Lipinski definition) is 3. The summed E-state index contributed by atoms with van der Waals surface area (Å²) in [5.74, 6) is -2.75. The zero-order valence-corrected chi connectivity index (χ0v) is 11.3. The molecule has 2 aromatic rings. The Balaban J connectivity index is 2.04. The second-order valence-electron chi connectivity index (χ2n) is 4.87. The van der Waals surface area contributed by atoms with Crippen LogP contribution in [0.15, 0.2) is 36.4 Å². The van der Waals surface area contributed by atoms with E-state index in [0.717, 1.165) is 17.7 Å². The van der Waals surface area contributed by atoms with Crippen molar-refractivity contribution in [3.05, 3.63) is 69.3 Å². The Hall–Kier alpha value is -2.83. The van der Waals surface area contributed by atoms with Crippen LogP contribution in [0.2, 0.25) is 0 Å². The number of nitro groups is 1. The van der Waals surface area contributed by atoms with Crippen LogP contribution in [-0.2, 0) is 6.42 Å². The van der Waals surface area contributed by atoms with Crippen LogP contribution in [0.1, 0.15) is 15.9 Å². The fraction of sp³-hybridized carbons (Fsp3) is 0.133. The minimum atomic E-state index is -0.955. The van der Waals surface area contributed by atoms with E-state index in [2.05, 4.69) is 0 Å². The number of carbonyl (C=O) groups excluding carboxylic acids is 1. The molecule has 1 heterocycles. The average molecular weight is 304 g/mol. The van der Waals surface area contributed by atoms with E-state index < -0.39 is 28.0 Å². The van der Waals surface area contributed by atoms with E-state index in [1.165, 1.54) is 23.1 Å². The molecule has 1 amide bonds. The third kappa shape index (κ3) is 2.20. The van der Waals surface area contributed by atoms with E-state index in [-0.39, 0.29) is 12.2 Å². The summed E-state index contributed by atoms with van der Waals surface area (Å²) in [4.78, 5) is 23.8. The highest BCUT2D eigenvalue weighted by molar-refractivity contribution is 6.07. The smallest absolute Gasteiger partial charge is 0.271 e. The van der Waals surface area contributed by atoms with Gasteiger partial charge in [0, 0.05) is 18.7 Å². The van der Waals surface area contributed by atoms with E-state index in [1.54, 1.807) is 6.07 Å². The lowest BCUT2D eigenvalue weighted by atomic mass is 10.1. The van der Waals surface area contributed by atoms with Crippen LogP contribution in [0.4, 0.5) is 20.2 Å². The molecule has 0 bridgehead atoms. The van der Waals surface area contributed by atoms with Crippen molar-refractivity contribution in [3.8, 4) is 0 Å². The van der Waals surface area contributed by atoms with Crippen LogP contribution < -0.4 is 4.90 Å². The van der Waals surface area contributed by atoms with E-state index in [1.807, 2.05) is 0 Å². The van der Waals surface area contributed by atoms with Gasteiger partial charge in [0.05, 0.1) is 10.6 Å². The minimum Gasteiger partial charge on any atom is -0.307 e. The lowest BCUT2D eigenvalue weighted by molar-refractivity contribution is -0.384. The maximum atomic E-state index is 13.7. The Morgan fingerprint density at radius 3 is 2.50 bits per heavy atom. The van der Waals surface area contributed by atoms with Crippen LogP contribution in [0.25, 0.3) is 0 Å². The van der Waals surface area contributed by atoms with Gasteiger partial charge in [-0.25, -0.2) is 8.78 Å². The number of hydrogen-bond donors (Lipinski definition) is 0. The normalized spacial score (nSPS) is 13.1. The Bertz CT molecular complexity index is 772. The number of fused-ring (bicyclic) bond motifs is 1. The predicted molar refractivity (Wildman–Crippen MR) is 74.8 cm³/mol. The van der Waals surface area contributed by atoms with Gasteiger partial charge in [-0.05, 0) is 24.1 Å². The second kappa shape index (κ2) is 5.18. The first-order valence-corrected chi connectivity index (χ1v) is 6.52. The van der Waals surface area contributed by atoms with Crippen molar-refractivity contribution in [1.82, 2.24) is 0 Å². The molecule has 2 aromatic carbocycles. The molecule has 1 aliphatic rings. The zero-order chi connectivity index (χ0) is 15.9. The Labute approximate surface area is 123 Å². The zero-order valence-electron chi connectivity index (χ0n) is 11.3. The third-order valence-electron chi connectivity index (χ3n) is 3.60. The predicted octanol–water partition coefficient (Wildman–Crippen LogP) is 3.08. The molecule has 112 valence electrons. The van der Waals surface area contributed by atoms with Gasteiger partial charge in [-0.3, -0.25) is 14.9 Å². The standard InChI is InChI=1S/C15H10F2N2O3/c16-11-2-1-3-12(17)14(11)15(20)18-7-6-9-4-5-10(19(21)22)8-13(9)18/h1-5,8H,6-7H2. The Kier molecular flexibility index (Phi) is 3.32. The summed E-state index contributed by atoms with van der Waals surface area (Å²) in [7, 11) is 0. The number of anilines is 1. The highest BCUT2D eigenvalue weighted by atomic mass is 19.1. The van der Waals surface area contributed by atoms with Gasteiger partial charge >= 0.3 is 0 Å². The van der Waals surface area contributed by atoms with Gasteiger partial charge in [0.25, 0.3) is 11.6 Å². The number of amides is 1. The van der Waals surface area contributed by atoms with Crippen LogP contribution in [-0.4, -0.2) is 17.4 Å². The van der Waals surface area contributed by atoms with Gasteiger partial charge in [0.15, 0.2) is 0 Å². The molecule has 22 heavy (non-hydrogen) atoms. The molecule has 0 aliphatic carbocycles. The van der Waals surface area contributed by atoms with Crippen LogP contribution in [0, 0.1) is 21.7 Å². The minimum absolute atomic E-state index is 0.174. The molecule has 0 atom stereocenters. The molecule has 0 fully saturated rings. The molecular weight excluding hydrogens is 294 g/mol. The van der Waals surface area contributed by atoms with Gasteiger partial charge < -0.3 is 4.90 Å². The molecule has 0 spiro atoms. The van der Waals surface area contributed by atoms with Crippen molar-refractivity contribution >= 4 is 17.3 Å². The maximum absolute atomic E-state index is 13.7. The van der Waals surface area contributed by atoms with Crippen molar-refractivity contribution in [2.75, 3.05) is 11.4 Å². The first kappa shape index (κ1) is 14.1. The largest absolute Gasteiger partial charge is 0.307 e. The van der Waals surface area contributed by atoms with Crippen molar-refractivity contribution in [3.63, 3.8) is 0 Å². The van der Waals surface area contributed by atoms with Crippen molar-refractivity contribution in [1.29, 1.82) is 0 Å². The average Bonchev–Trinajstić information content (AvgIpc) is 2.89. The van der Waals surface area contributed by atoms with E-state index >= 15 is 0 Å². The third-order valence-corrected chi connectivity index (χ3v) is 3.60. The monoisotopic (exact) mass is 304 g/mol. The van der Waals surface area contributed by atoms with E-state index in [0.29, 0.717) is 12.1 Å². The molecule has 1 aliphatic heterocycles. The fourth-order valence-electron chi connectivity index (χ4n) is 2.53. The van der Waals surface area contributed by atoms with Crippen molar-refractivity contribution in [2.45, 2.75) is 6.42 Å². The number of rotatable bonds is 2. The van der Waals surface area contributed by atoms with E-state index in [9.17, 15) is 23.7 Å². The highest BCUT2D eigenvalue weighted by Gasteiger charge is 2.30. The number of carbonyl (C=O) groups is 1. The first-order chi connectivity index (χ1) is 10.5. The van der Waals surface area contributed by atoms with E-state index in [4.69, 9.17) is 0 Å². The molecule has 0 saturated carbocycles. The fourth-order valence-corrected chi connectivity index (χ4v) is 2.53. The molecule has 0 saturated heterocycles. The summed E-state index contributed by atoms with van der Waals surface area (Å²) >= 11 is 0. The molecule has 0 radical (unpaired) electrons. The number of nitrogens with zero attached hydrogens (tertiary/aromatic N) is 2. The van der Waals surface area contributed by atoms with Gasteiger partial charge in [0.1, 0.15) is 17.2 Å². The van der Waals surface area contributed by atoms with Gasteiger partial charge in [-0.2, -0.15) is 0 Å². The summed E-state index contributed by atoms with van der Waals surface area (Å²) in [6, 6.07) is 7.32. The quantitative estimate of drug-likeness (QED) is 0.632. The summed E-state index contributed by atoms with van der Waals surface area (Å²) < 4.78 is 27.5. The van der Waals surface area contributed by atoms with Crippen LogP contribution >= 0.6 is 0 Å². The molecule has 0 N–H and O–H groups in total. The molecule has 5 nitrogen and oxygen atoms in total. The summed E-state index contributed by atoms with van der Waals surface area (Å²) in [5, 5.41) is 10.8. The molecule has 7 heteroatoms. The van der Waals surface area contributed by atoms with Crippen molar-refractivity contribution in [2.24, 2.45) is 0 Å². The SMILES string of the molecule is O=C(c1c(F)cccc1F)N1CCc2ccc([N+](=O)[O-])cc21. The molecule has 0 unspecified atom stereocenters. The van der Waals surface area contributed by atoms with Gasteiger partial charge in [-0.15, -0.1) is 0 Å². The lowest BCUT2D eigenvalue weighted by Crippen LogP contribution is -2.30. The van der Waals surface area contributed by atoms with Gasteiger partial charge in [0.2, 0.25) is 0 Å². The van der Waals surface area contributed by atoms with Crippen molar-refractivity contribution < 1.29 is 18.5 Å². The Morgan fingerprint density at radius 2 is 1.86 bits per heavy atom. The summed E-state index contributed by atoms with van der Waals surface area (Å²) in [5.41, 5.74) is 0.229. The first-order valence-electron chi connectivity index (χ1n) is 6.52. The number of nitro benzene ring substituents is 1. The summed E-state index contributed by atoms with van der Waals surface area (Å²) in [6.07, 6.45) is 0.481. The number of halogens is 2. The van der Waals surface area contributed by atoms with Gasteiger partial charge in [-0.1, -0.05) is 12.1 Å². The highest BCUT2D eigenvalue weighted by Crippen LogP contribution is 2.33. The topological polar surface area (TPSA) is 63.5 Å². The number of benzene rings is 2. The maximum Gasteiger partial charge on any atom is 0.271 e. The Morgan fingerprint density at radius 1 is 1.18 bits per heavy atom. The summed E-state index contributed by atoms with van der Waals surface area (Å²) in [6.45, 7) is 0.225. The van der Waals surface area contributed by atoms with Crippen LogP contribution in [0.5, 0.6) is 0 Å².